The summed E-state index contributed by atoms with van der Waals surface area (Å²) >= 11 is 1.78. The molecule has 2 aliphatic rings. The lowest BCUT2D eigenvalue weighted by molar-refractivity contribution is 0.368. The van der Waals surface area contributed by atoms with Crippen molar-refractivity contribution in [1.82, 2.24) is 4.90 Å². The van der Waals surface area contributed by atoms with E-state index in [0.717, 1.165) is 24.4 Å². The maximum atomic E-state index is 5.01. The van der Waals surface area contributed by atoms with Crippen LogP contribution in [-0.4, -0.2) is 17.8 Å². The van der Waals surface area contributed by atoms with Crippen LogP contribution in [0.3, 0.4) is 0 Å². The fourth-order valence-electron chi connectivity index (χ4n) is 3.11. The van der Waals surface area contributed by atoms with E-state index >= 15 is 0 Å². The molecular weight excluding hydrogens is 276 g/mol. The summed E-state index contributed by atoms with van der Waals surface area (Å²) in [6.45, 7) is 0. The monoisotopic (exact) mass is 296 g/mol. The van der Waals surface area contributed by atoms with Gasteiger partial charge in [0.05, 0.1) is 11.7 Å². The second-order valence-electron chi connectivity index (χ2n) is 6.19. The Hall–Kier alpha value is -1.61. The van der Waals surface area contributed by atoms with E-state index in [2.05, 4.69) is 53.0 Å². The van der Waals surface area contributed by atoms with E-state index in [1.54, 1.807) is 11.3 Å². The van der Waals surface area contributed by atoms with E-state index in [9.17, 15) is 0 Å². The van der Waals surface area contributed by atoms with E-state index in [-0.39, 0.29) is 0 Å². The van der Waals surface area contributed by atoms with Crippen LogP contribution in [0.5, 0.6) is 0 Å². The Kier molecular flexibility index (Phi) is 3.30. The highest BCUT2D eigenvalue weighted by Gasteiger charge is 2.30. The molecule has 2 heterocycles. The van der Waals surface area contributed by atoms with Gasteiger partial charge in [-0.3, -0.25) is 0 Å². The van der Waals surface area contributed by atoms with E-state index in [4.69, 9.17) is 4.99 Å². The van der Waals surface area contributed by atoms with Crippen molar-refractivity contribution in [3.05, 3.63) is 52.2 Å². The quantitative estimate of drug-likeness (QED) is 0.794. The fraction of sp³-hybridized carbons (Fsp3) is 0.389. The van der Waals surface area contributed by atoms with Crippen molar-refractivity contribution < 1.29 is 0 Å². The lowest BCUT2D eigenvalue weighted by Gasteiger charge is -2.29. The molecule has 1 saturated carbocycles. The lowest BCUT2D eigenvalue weighted by atomic mass is 9.99. The predicted molar refractivity (Wildman–Crippen MR) is 89.4 cm³/mol. The summed E-state index contributed by atoms with van der Waals surface area (Å²) in [5.41, 5.74) is 3.95. The molecule has 2 nitrogen and oxygen atoms in total. The van der Waals surface area contributed by atoms with Crippen molar-refractivity contribution in [3.8, 4) is 0 Å². The second kappa shape index (κ2) is 5.30. The molecule has 0 N–H and O–H groups in total. The molecule has 1 aliphatic carbocycles. The van der Waals surface area contributed by atoms with E-state index < -0.39 is 0 Å². The van der Waals surface area contributed by atoms with Gasteiger partial charge in [-0.1, -0.05) is 18.2 Å². The van der Waals surface area contributed by atoms with Gasteiger partial charge in [-0.05, 0) is 59.2 Å². The van der Waals surface area contributed by atoms with Gasteiger partial charge in [0, 0.05) is 13.5 Å². The normalized spacial score (nSPS) is 21.7. The minimum atomic E-state index is 0.414. The molecular formula is C18H20N2S. The highest BCUT2D eigenvalue weighted by Crippen LogP contribution is 2.38. The van der Waals surface area contributed by atoms with Crippen LogP contribution in [0, 0.1) is 5.92 Å². The number of amidine groups is 1. The molecule has 4 rings (SSSR count). The lowest BCUT2D eigenvalue weighted by Crippen LogP contribution is -2.31. The number of likely N-dealkylation sites (N-methyl/N-ethyl adjacent to an activating group) is 1. The molecule has 1 aromatic heterocycles. The minimum absolute atomic E-state index is 0.414. The molecule has 3 heteroatoms. The molecule has 0 saturated heterocycles. The molecule has 0 radical (unpaired) electrons. The average Bonchev–Trinajstić information content (AvgIpc) is 3.18. The summed E-state index contributed by atoms with van der Waals surface area (Å²) in [5, 5.41) is 4.46. The third-order valence-electron chi connectivity index (χ3n) is 4.63. The number of hydrogen-bond donors (Lipinski definition) is 0. The molecule has 108 valence electrons. The van der Waals surface area contributed by atoms with Gasteiger partial charge >= 0.3 is 0 Å². The number of rotatable bonds is 3. The molecule has 1 aromatic carbocycles. The van der Waals surface area contributed by atoms with E-state index in [1.807, 2.05) is 0 Å². The summed E-state index contributed by atoms with van der Waals surface area (Å²) in [4.78, 5) is 7.42. The van der Waals surface area contributed by atoms with Gasteiger partial charge in [0.25, 0.3) is 0 Å². The number of nitrogens with zero attached hydrogens (tertiary/aromatic N) is 2. The zero-order chi connectivity index (χ0) is 14.2. The molecule has 1 fully saturated rings. The summed E-state index contributed by atoms with van der Waals surface area (Å²) < 4.78 is 0. The van der Waals surface area contributed by atoms with Gasteiger partial charge in [0.1, 0.15) is 5.84 Å². The number of aliphatic imine (C=N–C) groups is 1. The first-order valence-electron chi connectivity index (χ1n) is 7.71. The Bertz CT molecular complexity index is 656. The smallest absolute Gasteiger partial charge is 0.105 e. The molecule has 1 unspecified atom stereocenters. The van der Waals surface area contributed by atoms with Crippen LogP contribution in [0.1, 0.15) is 36.4 Å². The van der Waals surface area contributed by atoms with Crippen molar-refractivity contribution >= 4 is 22.9 Å². The Labute approximate surface area is 130 Å². The van der Waals surface area contributed by atoms with Crippen molar-refractivity contribution in [2.45, 2.75) is 31.7 Å². The van der Waals surface area contributed by atoms with E-state index in [1.165, 1.54) is 29.8 Å². The summed E-state index contributed by atoms with van der Waals surface area (Å²) in [6, 6.07) is 11.3. The van der Waals surface area contributed by atoms with E-state index in [0.29, 0.717) is 6.04 Å². The first-order chi connectivity index (χ1) is 10.3. The number of benzene rings is 1. The maximum absolute atomic E-state index is 5.01. The summed E-state index contributed by atoms with van der Waals surface area (Å²) in [5.74, 6) is 2.12. The average molecular weight is 296 g/mol. The van der Waals surface area contributed by atoms with Gasteiger partial charge < -0.3 is 4.90 Å². The number of para-hydroxylation sites is 1. The highest BCUT2D eigenvalue weighted by molar-refractivity contribution is 7.08. The molecule has 0 amide bonds. The number of hydrogen-bond acceptors (Lipinski definition) is 3. The standard InChI is InChI=1S/C18H20N2S/c1-20-17(15-8-9-21-12-15)11-14-4-2-3-5-16(14)19-18(20)10-13-6-7-13/h2-5,8-9,12-13,17H,6-7,10-11H2,1H3. The van der Waals surface area contributed by atoms with Gasteiger partial charge in [0.15, 0.2) is 0 Å². The Morgan fingerprint density at radius 2 is 2.10 bits per heavy atom. The minimum Gasteiger partial charge on any atom is -0.356 e. The number of fused-ring (bicyclic) bond motifs is 1. The molecule has 21 heavy (non-hydrogen) atoms. The number of thiophene rings is 1. The third-order valence-corrected chi connectivity index (χ3v) is 5.33. The third kappa shape index (κ3) is 2.62. The first-order valence-corrected chi connectivity index (χ1v) is 8.66. The van der Waals surface area contributed by atoms with Crippen LogP contribution in [0.25, 0.3) is 0 Å². The molecule has 1 aliphatic heterocycles. The topological polar surface area (TPSA) is 15.6 Å². The zero-order valence-corrected chi connectivity index (χ0v) is 13.1. The van der Waals surface area contributed by atoms with Gasteiger partial charge in [-0.15, -0.1) is 0 Å². The van der Waals surface area contributed by atoms with Gasteiger partial charge in [-0.2, -0.15) is 11.3 Å². The SMILES string of the molecule is CN1C(CC2CC2)=Nc2ccccc2CC1c1ccsc1. The van der Waals surface area contributed by atoms with Crippen LogP contribution in [-0.2, 0) is 6.42 Å². The zero-order valence-electron chi connectivity index (χ0n) is 12.3. The molecule has 0 spiro atoms. The van der Waals surface area contributed by atoms with Crippen molar-refractivity contribution in [3.63, 3.8) is 0 Å². The molecule has 1 atom stereocenters. The van der Waals surface area contributed by atoms with Crippen LogP contribution >= 0.6 is 11.3 Å². The fourth-order valence-corrected chi connectivity index (χ4v) is 3.82. The second-order valence-corrected chi connectivity index (χ2v) is 6.97. The van der Waals surface area contributed by atoms with Crippen LogP contribution in [0.15, 0.2) is 46.1 Å². The Morgan fingerprint density at radius 1 is 1.24 bits per heavy atom. The van der Waals surface area contributed by atoms with Crippen molar-refractivity contribution in [2.75, 3.05) is 7.05 Å². The van der Waals surface area contributed by atoms with Gasteiger partial charge in [-0.25, -0.2) is 4.99 Å². The predicted octanol–water partition coefficient (Wildman–Crippen LogP) is 4.81. The Morgan fingerprint density at radius 3 is 2.86 bits per heavy atom. The van der Waals surface area contributed by atoms with Crippen molar-refractivity contribution in [2.24, 2.45) is 10.9 Å². The summed E-state index contributed by atoms with van der Waals surface area (Å²) in [6.07, 6.45) is 4.92. The van der Waals surface area contributed by atoms with Gasteiger partial charge in [0.2, 0.25) is 0 Å². The molecule has 0 bridgehead atoms. The van der Waals surface area contributed by atoms with Crippen molar-refractivity contribution in [1.29, 1.82) is 0 Å². The van der Waals surface area contributed by atoms with Crippen LogP contribution in [0.2, 0.25) is 0 Å². The van der Waals surface area contributed by atoms with Crippen LogP contribution < -0.4 is 0 Å². The highest BCUT2D eigenvalue weighted by atomic mass is 32.1. The van der Waals surface area contributed by atoms with Crippen LogP contribution in [0.4, 0.5) is 5.69 Å². The summed E-state index contributed by atoms with van der Waals surface area (Å²) in [7, 11) is 2.22. The maximum Gasteiger partial charge on any atom is 0.105 e. The Balaban J connectivity index is 1.75. The first kappa shape index (κ1) is 13.1. The molecule has 2 aromatic rings. The largest absolute Gasteiger partial charge is 0.356 e.